The molecule has 0 saturated carbocycles. The van der Waals surface area contributed by atoms with Crippen LogP contribution < -0.4 is 14.2 Å². The number of hydrogen-bond acceptors (Lipinski definition) is 6. The number of ether oxygens (including phenoxy) is 3. The van der Waals surface area contributed by atoms with Gasteiger partial charge >= 0.3 is 5.97 Å². The van der Waals surface area contributed by atoms with Gasteiger partial charge in [0.25, 0.3) is 0 Å². The zero-order chi connectivity index (χ0) is 19.3. The molecule has 0 spiro atoms. The summed E-state index contributed by atoms with van der Waals surface area (Å²) in [5.74, 6) is 0.0795. The maximum Gasteiger partial charge on any atom is 0.344 e. The van der Waals surface area contributed by atoms with Gasteiger partial charge in [0, 0.05) is 26.2 Å². The molecule has 1 aliphatic rings. The highest BCUT2D eigenvalue weighted by Crippen LogP contribution is 2.39. The molecule has 1 aromatic carbocycles. The summed E-state index contributed by atoms with van der Waals surface area (Å²) in [6.07, 6.45) is -1.04. The van der Waals surface area contributed by atoms with Gasteiger partial charge in [0.2, 0.25) is 11.7 Å². The van der Waals surface area contributed by atoms with Crippen LogP contribution in [0.5, 0.6) is 17.2 Å². The van der Waals surface area contributed by atoms with Gasteiger partial charge in [0.1, 0.15) is 0 Å². The number of piperazine rings is 1. The third-order valence-corrected chi connectivity index (χ3v) is 4.35. The van der Waals surface area contributed by atoms with Gasteiger partial charge in [-0.25, -0.2) is 4.79 Å². The van der Waals surface area contributed by atoms with Crippen LogP contribution in [0.2, 0.25) is 0 Å². The van der Waals surface area contributed by atoms with Crippen LogP contribution in [0.3, 0.4) is 0 Å². The number of carbonyl (C=O) groups excluding carboxylic acids is 1. The van der Waals surface area contributed by atoms with Crippen molar-refractivity contribution in [1.82, 2.24) is 9.80 Å². The number of carboxylic acid groups (broad SMARTS) is 1. The van der Waals surface area contributed by atoms with Crippen LogP contribution in [-0.2, 0) is 16.1 Å². The number of likely N-dealkylation sites (N-methyl/N-ethyl adjacent to an activating group) is 1. The molecular weight excluding hydrogens is 340 g/mol. The Morgan fingerprint density at radius 2 is 1.85 bits per heavy atom. The topological polar surface area (TPSA) is 88.5 Å². The predicted octanol–water partition coefficient (Wildman–Crippen LogP) is 1.22. The molecule has 1 saturated heterocycles. The quantitative estimate of drug-likeness (QED) is 0.740. The molecule has 144 valence electrons. The van der Waals surface area contributed by atoms with Gasteiger partial charge in [-0.15, -0.1) is 0 Å². The van der Waals surface area contributed by atoms with Crippen molar-refractivity contribution in [3.05, 3.63) is 17.7 Å². The van der Waals surface area contributed by atoms with Gasteiger partial charge < -0.3 is 24.2 Å². The van der Waals surface area contributed by atoms with Gasteiger partial charge in [0.05, 0.1) is 20.8 Å². The summed E-state index contributed by atoms with van der Waals surface area (Å²) in [7, 11) is 2.97. The Hall–Kier alpha value is -2.48. The summed E-state index contributed by atoms with van der Waals surface area (Å²) < 4.78 is 16.2. The minimum Gasteiger partial charge on any atom is -0.493 e. The molecule has 1 aliphatic heterocycles. The van der Waals surface area contributed by atoms with E-state index < -0.39 is 12.1 Å². The van der Waals surface area contributed by atoms with Crippen molar-refractivity contribution in [2.45, 2.75) is 26.5 Å². The molecule has 0 bridgehead atoms. The number of benzene rings is 1. The number of rotatable bonds is 8. The van der Waals surface area contributed by atoms with Crippen molar-refractivity contribution < 1.29 is 28.9 Å². The van der Waals surface area contributed by atoms with Gasteiger partial charge in [0.15, 0.2) is 17.6 Å². The highest BCUT2D eigenvalue weighted by molar-refractivity contribution is 5.79. The first kappa shape index (κ1) is 19.8. The fraction of sp³-hybridized carbons (Fsp3) is 0.556. The van der Waals surface area contributed by atoms with E-state index in [-0.39, 0.29) is 11.7 Å². The molecular formula is C18H26N2O6. The van der Waals surface area contributed by atoms with E-state index in [0.717, 1.165) is 18.7 Å². The molecule has 26 heavy (non-hydrogen) atoms. The Balaban J connectivity index is 2.20. The summed E-state index contributed by atoms with van der Waals surface area (Å²) in [4.78, 5) is 27.0. The average Bonchev–Trinajstić information content (AvgIpc) is 2.62. The van der Waals surface area contributed by atoms with Gasteiger partial charge in [-0.1, -0.05) is 0 Å². The first-order valence-electron chi connectivity index (χ1n) is 8.54. The van der Waals surface area contributed by atoms with E-state index >= 15 is 0 Å². The van der Waals surface area contributed by atoms with Crippen molar-refractivity contribution in [2.24, 2.45) is 0 Å². The molecule has 1 amide bonds. The average molecular weight is 366 g/mol. The number of nitrogens with zero attached hydrogens (tertiary/aromatic N) is 2. The standard InChI is InChI=1S/C18H26N2O6/c1-5-20-7-6-19(11-16(20)21)10-13-8-14(24-3)17(15(9-13)25-4)26-12(2)18(22)23/h8-9,12H,5-7,10-11H2,1-4H3,(H,22,23). The first-order valence-corrected chi connectivity index (χ1v) is 8.54. The molecule has 1 fully saturated rings. The third-order valence-electron chi connectivity index (χ3n) is 4.35. The molecule has 1 N–H and O–H groups in total. The molecule has 1 unspecified atom stereocenters. The Bertz CT molecular complexity index is 638. The summed E-state index contributed by atoms with van der Waals surface area (Å²) in [5.41, 5.74) is 0.895. The number of carboxylic acids is 1. The maximum absolute atomic E-state index is 12.1. The lowest BCUT2D eigenvalue weighted by Crippen LogP contribution is -2.49. The van der Waals surface area contributed by atoms with Gasteiger partial charge in [-0.05, 0) is 31.5 Å². The summed E-state index contributed by atoms with van der Waals surface area (Å²) in [6.45, 7) is 6.56. The second-order valence-electron chi connectivity index (χ2n) is 6.11. The smallest absolute Gasteiger partial charge is 0.344 e. The van der Waals surface area contributed by atoms with E-state index in [1.165, 1.54) is 21.1 Å². The molecule has 1 heterocycles. The SMILES string of the molecule is CCN1CCN(Cc2cc(OC)c(OC(C)C(=O)O)c(OC)c2)CC1=O. The van der Waals surface area contributed by atoms with E-state index in [1.54, 1.807) is 12.1 Å². The lowest BCUT2D eigenvalue weighted by molar-refractivity contribution is -0.144. The van der Waals surface area contributed by atoms with Gasteiger partial charge in [-0.3, -0.25) is 9.69 Å². The van der Waals surface area contributed by atoms with Crippen molar-refractivity contribution in [2.75, 3.05) is 40.4 Å². The Morgan fingerprint density at radius 3 is 2.31 bits per heavy atom. The molecule has 1 atom stereocenters. The number of carbonyl (C=O) groups is 2. The molecule has 0 aromatic heterocycles. The summed E-state index contributed by atoms with van der Waals surface area (Å²) in [5, 5.41) is 9.06. The van der Waals surface area contributed by atoms with E-state index in [4.69, 9.17) is 19.3 Å². The van der Waals surface area contributed by atoms with Crippen molar-refractivity contribution in [1.29, 1.82) is 0 Å². The highest BCUT2D eigenvalue weighted by atomic mass is 16.6. The third kappa shape index (κ3) is 4.57. The summed E-state index contributed by atoms with van der Waals surface area (Å²) in [6, 6.07) is 3.56. The lowest BCUT2D eigenvalue weighted by atomic mass is 10.1. The fourth-order valence-corrected chi connectivity index (χ4v) is 2.85. The van der Waals surface area contributed by atoms with Crippen molar-refractivity contribution >= 4 is 11.9 Å². The lowest BCUT2D eigenvalue weighted by Gasteiger charge is -2.33. The molecule has 2 rings (SSSR count). The van der Waals surface area contributed by atoms with E-state index in [2.05, 4.69) is 4.90 Å². The Labute approximate surface area is 153 Å². The largest absolute Gasteiger partial charge is 0.493 e. The van der Waals surface area contributed by atoms with Crippen LogP contribution in [0, 0.1) is 0 Å². The van der Waals surface area contributed by atoms with Crippen LogP contribution in [0.15, 0.2) is 12.1 Å². The Kier molecular flexibility index (Phi) is 6.68. The number of aliphatic carboxylic acids is 1. The van der Waals surface area contributed by atoms with Gasteiger partial charge in [-0.2, -0.15) is 0 Å². The normalized spacial score (nSPS) is 16.3. The molecule has 0 radical (unpaired) electrons. The number of methoxy groups -OCH3 is 2. The van der Waals surface area contributed by atoms with E-state index in [9.17, 15) is 9.59 Å². The minimum absolute atomic E-state index is 0.118. The van der Waals surface area contributed by atoms with Crippen molar-refractivity contribution in [3.63, 3.8) is 0 Å². The molecule has 8 heteroatoms. The maximum atomic E-state index is 12.1. The minimum atomic E-state index is -1.08. The second-order valence-corrected chi connectivity index (χ2v) is 6.11. The highest BCUT2D eigenvalue weighted by Gasteiger charge is 2.24. The van der Waals surface area contributed by atoms with Crippen LogP contribution in [0.1, 0.15) is 19.4 Å². The van der Waals surface area contributed by atoms with Crippen LogP contribution in [-0.4, -0.2) is 73.3 Å². The zero-order valence-corrected chi connectivity index (χ0v) is 15.7. The van der Waals surface area contributed by atoms with Crippen molar-refractivity contribution in [3.8, 4) is 17.2 Å². The molecule has 1 aromatic rings. The number of amides is 1. The number of hydrogen-bond donors (Lipinski definition) is 1. The monoisotopic (exact) mass is 366 g/mol. The van der Waals surface area contributed by atoms with Crippen LogP contribution in [0.25, 0.3) is 0 Å². The fourth-order valence-electron chi connectivity index (χ4n) is 2.85. The predicted molar refractivity (Wildman–Crippen MR) is 94.8 cm³/mol. The molecule has 0 aliphatic carbocycles. The molecule has 8 nitrogen and oxygen atoms in total. The van der Waals surface area contributed by atoms with E-state index in [1.807, 2.05) is 11.8 Å². The summed E-state index contributed by atoms with van der Waals surface area (Å²) >= 11 is 0. The first-order chi connectivity index (χ1) is 12.4. The van der Waals surface area contributed by atoms with Crippen LogP contribution in [0.4, 0.5) is 0 Å². The second kappa shape index (κ2) is 8.75. The van der Waals surface area contributed by atoms with E-state index in [0.29, 0.717) is 31.1 Å². The van der Waals surface area contributed by atoms with Crippen LogP contribution >= 0.6 is 0 Å². The Morgan fingerprint density at radius 1 is 1.23 bits per heavy atom. The zero-order valence-electron chi connectivity index (χ0n) is 15.7.